The van der Waals surface area contributed by atoms with Gasteiger partial charge >= 0.3 is 0 Å². The molecule has 0 amide bonds. The summed E-state index contributed by atoms with van der Waals surface area (Å²) < 4.78 is 49.5. The van der Waals surface area contributed by atoms with Crippen molar-refractivity contribution in [2.24, 2.45) is 0 Å². The molecule has 0 N–H and O–H groups in total. The van der Waals surface area contributed by atoms with Crippen molar-refractivity contribution < 1.29 is 51.3 Å². The molecule has 2 saturated carbocycles. The summed E-state index contributed by atoms with van der Waals surface area (Å²) in [5.74, 6) is 0. The van der Waals surface area contributed by atoms with E-state index in [0.29, 0.717) is 38.1 Å². The lowest BCUT2D eigenvalue weighted by molar-refractivity contribution is -0.777. The zero-order valence-electron chi connectivity index (χ0n) is 50.6. The second kappa shape index (κ2) is 23.5. The Balaban J connectivity index is 0.000000362. The Morgan fingerprint density at radius 1 is 0.604 bits per heavy atom. The van der Waals surface area contributed by atoms with Crippen molar-refractivity contribution in [2.45, 2.75) is 97.7 Å². The normalized spacial score (nSPS) is 18.9. The minimum absolute atomic E-state index is 0.0727. The molecule has 4 aliphatic heterocycles. The first-order valence-electron chi connectivity index (χ1n) is 29.8. The molecule has 2 fully saturated rings. The first kappa shape index (κ1) is 62.1. The van der Waals surface area contributed by atoms with E-state index in [1.165, 1.54) is 50.9 Å². The minimum Gasteiger partial charge on any atom is -0.744 e. The second-order valence-electron chi connectivity index (χ2n) is 25.0. The van der Waals surface area contributed by atoms with Crippen LogP contribution in [0.4, 0.5) is 34.1 Å². The van der Waals surface area contributed by atoms with Gasteiger partial charge in [-0.1, -0.05) is 85.7 Å². The summed E-state index contributed by atoms with van der Waals surface area (Å²) in [6, 6.07) is 42.4. The van der Waals surface area contributed by atoms with Crippen LogP contribution < -0.4 is 15.1 Å². The number of likely N-dealkylation sites (N-methyl/N-ethyl adjacent to an activating group) is 2. The SMILES string of the molecule is CN1/C(=C/C=C/C2=[N+](COC[N+]3=C(/C=C/C=C4/N(C)c5cc([N+](=O)[O-])c(Br)cc5C45CCC5)C(C)(C)c4c3ccc3ccccc43)c3ccc4ccccc4c3C2(C)C)C2(CCC2)c2cc(Br)c([N+](=O)[O-])cc21.O=S(=O)([O-])c1ccc2cc(SOO[O-])ccc2c1. The molecule has 0 atom stereocenters. The number of nitro benzene ring substituents is 2. The summed E-state index contributed by atoms with van der Waals surface area (Å²) in [7, 11) is -0.400. The lowest BCUT2D eigenvalue weighted by Crippen LogP contribution is -2.36. The highest BCUT2D eigenvalue weighted by Crippen LogP contribution is 2.61. The Morgan fingerprint density at radius 3 is 1.47 bits per heavy atom. The molecule has 6 aliphatic rings. The van der Waals surface area contributed by atoms with E-state index in [2.05, 4.69) is 197 Å². The van der Waals surface area contributed by atoms with Gasteiger partial charge < -0.3 is 19.6 Å². The number of halogens is 2. The fraction of sp³-hybridized carbons (Fsp3) is 0.257. The van der Waals surface area contributed by atoms with Gasteiger partial charge in [0.2, 0.25) is 11.4 Å². The predicted octanol–water partition coefficient (Wildman–Crippen LogP) is 15.7. The van der Waals surface area contributed by atoms with Gasteiger partial charge in [0.25, 0.3) is 24.8 Å². The number of hydrogen-bond donors (Lipinski definition) is 0. The highest BCUT2D eigenvalue weighted by atomic mass is 79.9. The Morgan fingerprint density at radius 2 is 1.04 bits per heavy atom. The van der Waals surface area contributed by atoms with Crippen LogP contribution in [0, 0.1) is 20.2 Å². The zero-order chi connectivity index (χ0) is 64.1. The van der Waals surface area contributed by atoms with Gasteiger partial charge in [0.1, 0.15) is 10.1 Å². The van der Waals surface area contributed by atoms with E-state index in [1.807, 2.05) is 26.2 Å². The van der Waals surface area contributed by atoms with Crippen molar-refractivity contribution in [1.29, 1.82) is 0 Å². The molecule has 91 heavy (non-hydrogen) atoms. The summed E-state index contributed by atoms with van der Waals surface area (Å²) >= 11 is 7.76. The lowest BCUT2D eigenvalue weighted by atomic mass is 9.63. The Bertz CT molecular complexity index is 4520. The summed E-state index contributed by atoms with van der Waals surface area (Å²) in [5, 5.41) is 43.0. The van der Waals surface area contributed by atoms with Gasteiger partial charge in [-0.15, -0.1) is 0 Å². The third kappa shape index (κ3) is 10.4. The van der Waals surface area contributed by atoms with Crippen LogP contribution in [0.5, 0.6) is 0 Å². The number of benzene rings is 8. The Kier molecular flexibility index (Phi) is 16.0. The van der Waals surface area contributed by atoms with Crippen molar-refractivity contribution >= 4 is 132 Å². The number of nitro groups is 2. The van der Waals surface area contributed by atoms with E-state index in [-0.39, 0.29) is 47.8 Å². The van der Waals surface area contributed by atoms with Gasteiger partial charge in [-0.3, -0.25) is 30.0 Å². The fourth-order valence-electron chi connectivity index (χ4n) is 15.0. The topological polar surface area (TPSA) is 207 Å². The van der Waals surface area contributed by atoms with Crippen molar-refractivity contribution in [3.05, 3.63) is 233 Å². The third-order valence-corrected chi connectivity index (χ3v) is 22.3. The van der Waals surface area contributed by atoms with Gasteiger partial charge in [-0.25, -0.2) is 8.42 Å². The maximum absolute atomic E-state index is 12.0. The van der Waals surface area contributed by atoms with Crippen LogP contribution in [-0.4, -0.2) is 70.9 Å². The average molecular weight is 1390 g/mol. The number of ether oxygens (including phenoxy) is 1. The number of allylic oxidation sites excluding steroid dienone is 8. The smallest absolute Gasteiger partial charge is 0.285 e. The quantitative estimate of drug-likeness (QED) is 0.0248. The van der Waals surface area contributed by atoms with Crippen molar-refractivity contribution in [2.75, 3.05) is 37.4 Å². The monoisotopic (exact) mass is 1380 g/mol. The van der Waals surface area contributed by atoms with Crippen molar-refractivity contribution in [3.8, 4) is 0 Å². The predicted molar refractivity (Wildman–Crippen MR) is 358 cm³/mol. The maximum Gasteiger partial charge on any atom is 0.285 e. The number of rotatable bonds is 14. The van der Waals surface area contributed by atoms with E-state index in [9.17, 15) is 38.5 Å². The highest BCUT2D eigenvalue weighted by Gasteiger charge is 2.53. The Labute approximate surface area is 547 Å². The van der Waals surface area contributed by atoms with Gasteiger partial charge in [0.05, 0.1) is 57.9 Å². The van der Waals surface area contributed by atoms with Crippen molar-refractivity contribution in [3.63, 3.8) is 0 Å². The van der Waals surface area contributed by atoms with Gasteiger partial charge in [0.15, 0.2) is 11.4 Å². The molecule has 2 spiro atoms. The lowest BCUT2D eigenvalue weighted by Gasteiger charge is -2.40. The molecule has 4 heterocycles. The molecule has 0 radical (unpaired) electrons. The molecule has 0 aromatic heterocycles. The number of hydrogen-bond acceptors (Lipinski definition) is 14. The van der Waals surface area contributed by atoms with Crippen LogP contribution in [0.15, 0.2) is 200 Å². The van der Waals surface area contributed by atoms with Crippen LogP contribution >= 0.6 is 43.9 Å². The highest BCUT2D eigenvalue weighted by molar-refractivity contribution is 9.11. The first-order chi connectivity index (χ1) is 43.5. The number of fused-ring (bicyclic) bond motifs is 11. The summed E-state index contributed by atoms with van der Waals surface area (Å²) in [5.41, 5.74) is 12.3. The van der Waals surface area contributed by atoms with Crippen LogP contribution in [-0.2, 0) is 45.9 Å². The third-order valence-electron chi connectivity index (χ3n) is 19.6. The molecule has 8 aromatic carbocycles. The van der Waals surface area contributed by atoms with E-state index >= 15 is 0 Å². The zero-order valence-corrected chi connectivity index (χ0v) is 55.4. The number of nitrogens with zero attached hydrogens (tertiary/aromatic N) is 6. The standard InChI is InChI=1S/C60H56Br2N6O5.C10H8O6S2/c1-57(2)51(19-11-21-53-59(27-13-28-59)41-31-43(61)49(67(69)70)33-47(41)63(53)5)65(45-25-23-37-15-7-9-17-39(37)55(45)57)35-73-36-66-46-26-24-38-16-8-10-18-40(38)56(46)58(3,4)52(66)20-12-22-54-60(29-14-30-60)42-32-44(62)50(68(71)72)34-48(42)64(54)6;11-15-16-17-9-3-1-8-6-10(18(12,13)14)4-2-7(8)5-9/h7-12,15-26,31-34H,13-14,27-30,35-36H2,1-6H3;1-6,11H,(H,12,13,14)/q+2;/p-2. The van der Waals surface area contributed by atoms with E-state index in [1.54, 1.807) is 30.3 Å². The summed E-state index contributed by atoms with van der Waals surface area (Å²) in [6.07, 6.45) is 19.4. The van der Waals surface area contributed by atoms with Gasteiger partial charge in [-0.05, 0) is 189 Å². The molecule has 17 nitrogen and oxygen atoms in total. The molecule has 0 saturated heterocycles. The van der Waals surface area contributed by atoms with Crippen LogP contribution in [0.25, 0.3) is 32.3 Å². The van der Waals surface area contributed by atoms with Crippen LogP contribution in [0.1, 0.15) is 88.5 Å². The fourth-order valence-corrected chi connectivity index (χ4v) is 16.9. The molecule has 14 rings (SSSR count). The number of anilines is 2. The van der Waals surface area contributed by atoms with Gasteiger partial charge in [-0.2, -0.15) is 13.5 Å². The van der Waals surface area contributed by atoms with E-state index in [0.717, 1.165) is 107 Å². The molecule has 21 heteroatoms. The van der Waals surface area contributed by atoms with Crippen molar-refractivity contribution in [1.82, 2.24) is 0 Å². The van der Waals surface area contributed by atoms with E-state index < -0.39 is 10.1 Å². The van der Waals surface area contributed by atoms with Crippen LogP contribution in [0.2, 0.25) is 0 Å². The minimum atomic E-state index is -4.46. The molecule has 0 bridgehead atoms. The van der Waals surface area contributed by atoms with Crippen LogP contribution in [0.3, 0.4) is 0 Å². The summed E-state index contributed by atoms with van der Waals surface area (Å²) in [4.78, 5) is 28.0. The molecule has 8 aromatic rings. The summed E-state index contributed by atoms with van der Waals surface area (Å²) in [6.45, 7) is 9.80. The second-order valence-corrected chi connectivity index (χ2v) is 28.9. The largest absolute Gasteiger partial charge is 0.744 e. The molecule has 0 unspecified atom stereocenters. The average Bonchev–Trinajstić information content (AvgIpc) is 1.58. The van der Waals surface area contributed by atoms with E-state index in [4.69, 9.17) is 4.74 Å². The maximum atomic E-state index is 12.0. The molecule has 2 aliphatic carbocycles. The Hall–Kier alpha value is -7.70. The molecular formula is C70H62Br2N6O11S2. The van der Waals surface area contributed by atoms with Gasteiger partial charge in [0, 0.05) is 88.8 Å². The first-order valence-corrected chi connectivity index (χ1v) is 33.5. The molecular weight excluding hydrogens is 1320 g/mol. The molecule has 464 valence electrons.